The van der Waals surface area contributed by atoms with Crippen LogP contribution < -0.4 is 10.9 Å². The van der Waals surface area contributed by atoms with E-state index >= 15 is 0 Å². The zero-order valence-corrected chi connectivity index (χ0v) is 16.8. The van der Waals surface area contributed by atoms with Crippen molar-refractivity contribution in [2.75, 3.05) is 0 Å². The molecule has 2 amide bonds. The first-order chi connectivity index (χ1) is 13.6. The molecule has 0 spiro atoms. The normalized spacial score (nSPS) is 18.5. The molecule has 0 saturated heterocycles. The fourth-order valence-corrected chi connectivity index (χ4v) is 4.75. The monoisotopic (exact) mass is 381 g/mol. The standard InChI is InChI=1S/C23H31N3O2/c1-16-11-12-17-14-18(22(27)25-21(17)13-16)15-26(20-9-5-6-10-20)23(28)24-19-7-3-2-4-8-19/h11-14,19-20H,2-10,15H2,1H3,(H,24,28)(H,25,27). The van der Waals surface area contributed by atoms with Crippen LogP contribution in [0.1, 0.15) is 68.9 Å². The van der Waals surface area contributed by atoms with Gasteiger partial charge >= 0.3 is 6.03 Å². The van der Waals surface area contributed by atoms with E-state index in [-0.39, 0.29) is 23.7 Å². The summed E-state index contributed by atoms with van der Waals surface area (Å²) in [5.41, 5.74) is 2.55. The van der Waals surface area contributed by atoms with Gasteiger partial charge in [0.05, 0.1) is 6.54 Å². The maximum absolute atomic E-state index is 13.1. The number of carbonyl (C=O) groups excluding carboxylic acids is 1. The van der Waals surface area contributed by atoms with E-state index in [4.69, 9.17) is 0 Å². The molecule has 2 aliphatic carbocycles. The summed E-state index contributed by atoms with van der Waals surface area (Å²) in [6, 6.07) is 8.54. The fourth-order valence-electron chi connectivity index (χ4n) is 4.75. The van der Waals surface area contributed by atoms with E-state index in [1.165, 1.54) is 19.3 Å². The lowest BCUT2D eigenvalue weighted by molar-refractivity contribution is 0.164. The lowest BCUT2D eigenvalue weighted by atomic mass is 9.96. The Balaban J connectivity index is 1.57. The maximum Gasteiger partial charge on any atom is 0.318 e. The van der Waals surface area contributed by atoms with E-state index in [0.29, 0.717) is 12.1 Å². The van der Waals surface area contributed by atoms with Crippen LogP contribution in [0.4, 0.5) is 4.79 Å². The molecule has 2 N–H and O–H groups in total. The summed E-state index contributed by atoms with van der Waals surface area (Å²) in [6.07, 6.45) is 10.2. The third kappa shape index (κ3) is 4.23. The topological polar surface area (TPSA) is 65.2 Å². The van der Waals surface area contributed by atoms with E-state index in [2.05, 4.69) is 16.4 Å². The van der Waals surface area contributed by atoms with Crippen molar-refractivity contribution in [3.63, 3.8) is 0 Å². The molecule has 1 aromatic heterocycles. The van der Waals surface area contributed by atoms with Crippen LogP contribution >= 0.6 is 0 Å². The second-order valence-corrected chi connectivity index (χ2v) is 8.57. The third-order valence-electron chi connectivity index (χ3n) is 6.38. The van der Waals surface area contributed by atoms with Crippen LogP contribution in [0, 0.1) is 6.92 Å². The van der Waals surface area contributed by atoms with Gasteiger partial charge in [-0.15, -0.1) is 0 Å². The van der Waals surface area contributed by atoms with Crippen molar-refractivity contribution in [2.45, 2.75) is 83.3 Å². The summed E-state index contributed by atoms with van der Waals surface area (Å²) in [5, 5.41) is 4.27. The van der Waals surface area contributed by atoms with Crippen LogP contribution in [0.15, 0.2) is 29.1 Å². The molecule has 5 heteroatoms. The Morgan fingerprint density at radius 2 is 1.79 bits per heavy atom. The lowest BCUT2D eigenvalue weighted by Crippen LogP contribution is -2.49. The van der Waals surface area contributed by atoms with Gasteiger partial charge in [-0.25, -0.2) is 4.79 Å². The first kappa shape index (κ1) is 19.0. The first-order valence-corrected chi connectivity index (χ1v) is 10.8. The molecule has 0 aliphatic heterocycles. The van der Waals surface area contributed by atoms with Crippen LogP contribution in [0.5, 0.6) is 0 Å². The van der Waals surface area contributed by atoms with Crippen LogP contribution in [0.3, 0.4) is 0 Å². The molecule has 150 valence electrons. The summed E-state index contributed by atoms with van der Waals surface area (Å²) in [6.45, 7) is 2.39. The highest BCUT2D eigenvalue weighted by atomic mass is 16.2. The van der Waals surface area contributed by atoms with Gasteiger partial charge in [0.25, 0.3) is 5.56 Å². The average Bonchev–Trinajstić information content (AvgIpc) is 3.21. The SMILES string of the molecule is Cc1ccc2cc(CN(C(=O)NC3CCCCC3)C3CCCC3)c(=O)[nH]c2c1. The molecule has 1 heterocycles. The van der Waals surface area contributed by atoms with Gasteiger partial charge < -0.3 is 15.2 Å². The largest absolute Gasteiger partial charge is 0.335 e. The van der Waals surface area contributed by atoms with Gasteiger partial charge in [0, 0.05) is 23.2 Å². The number of hydrogen-bond donors (Lipinski definition) is 2. The molecule has 0 bridgehead atoms. The van der Waals surface area contributed by atoms with E-state index in [0.717, 1.165) is 55.0 Å². The highest BCUT2D eigenvalue weighted by molar-refractivity contribution is 5.80. The molecule has 2 saturated carbocycles. The number of carbonyl (C=O) groups is 1. The zero-order chi connectivity index (χ0) is 19.5. The predicted molar refractivity (Wildman–Crippen MR) is 113 cm³/mol. The highest BCUT2D eigenvalue weighted by Gasteiger charge is 2.29. The van der Waals surface area contributed by atoms with Crippen molar-refractivity contribution in [1.29, 1.82) is 0 Å². The molecular formula is C23H31N3O2. The third-order valence-corrected chi connectivity index (χ3v) is 6.38. The minimum Gasteiger partial charge on any atom is -0.335 e. The Labute approximate surface area is 166 Å². The summed E-state index contributed by atoms with van der Waals surface area (Å²) in [7, 11) is 0. The number of urea groups is 1. The Kier molecular flexibility index (Phi) is 5.69. The second kappa shape index (κ2) is 8.38. The molecule has 0 unspecified atom stereocenters. The Hall–Kier alpha value is -2.30. The van der Waals surface area contributed by atoms with Crippen LogP contribution in [0.25, 0.3) is 10.9 Å². The molecule has 2 fully saturated rings. The number of nitrogens with one attached hydrogen (secondary N) is 2. The van der Waals surface area contributed by atoms with E-state index < -0.39 is 0 Å². The Bertz CT molecular complexity index is 892. The van der Waals surface area contributed by atoms with Crippen molar-refractivity contribution in [3.8, 4) is 0 Å². The van der Waals surface area contributed by atoms with E-state index in [9.17, 15) is 9.59 Å². The maximum atomic E-state index is 13.1. The van der Waals surface area contributed by atoms with Crippen molar-refractivity contribution in [3.05, 3.63) is 45.7 Å². The number of hydrogen-bond acceptors (Lipinski definition) is 2. The summed E-state index contributed by atoms with van der Waals surface area (Å²) < 4.78 is 0. The van der Waals surface area contributed by atoms with Gasteiger partial charge in [-0.2, -0.15) is 0 Å². The highest BCUT2D eigenvalue weighted by Crippen LogP contribution is 2.26. The molecule has 5 nitrogen and oxygen atoms in total. The molecule has 28 heavy (non-hydrogen) atoms. The summed E-state index contributed by atoms with van der Waals surface area (Å²) >= 11 is 0. The number of amides is 2. The number of aromatic amines is 1. The number of fused-ring (bicyclic) bond motifs is 1. The van der Waals surface area contributed by atoms with Gasteiger partial charge in [-0.3, -0.25) is 4.79 Å². The predicted octanol–water partition coefficient (Wildman–Crippen LogP) is 4.62. The van der Waals surface area contributed by atoms with Gasteiger partial charge in [0.1, 0.15) is 0 Å². The Morgan fingerprint density at radius 3 is 2.54 bits per heavy atom. The molecule has 2 aliphatic rings. The number of aryl methyl sites for hydroxylation is 1. The zero-order valence-electron chi connectivity index (χ0n) is 16.8. The molecule has 0 radical (unpaired) electrons. The first-order valence-electron chi connectivity index (χ1n) is 10.8. The molecule has 1 aromatic carbocycles. The second-order valence-electron chi connectivity index (χ2n) is 8.57. The average molecular weight is 382 g/mol. The number of H-pyrrole nitrogens is 1. The number of pyridine rings is 1. The van der Waals surface area contributed by atoms with Gasteiger partial charge in [0.15, 0.2) is 0 Å². The van der Waals surface area contributed by atoms with Gasteiger partial charge in [0.2, 0.25) is 0 Å². The number of nitrogens with zero attached hydrogens (tertiary/aromatic N) is 1. The van der Waals surface area contributed by atoms with E-state index in [1.807, 2.05) is 30.0 Å². The Morgan fingerprint density at radius 1 is 1.07 bits per heavy atom. The van der Waals surface area contributed by atoms with Crippen LogP contribution in [-0.4, -0.2) is 28.0 Å². The van der Waals surface area contributed by atoms with Crippen LogP contribution in [-0.2, 0) is 6.54 Å². The summed E-state index contributed by atoms with van der Waals surface area (Å²) in [4.78, 5) is 30.7. The van der Waals surface area contributed by atoms with Crippen LogP contribution in [0.2, 0.25) is 0 Å². The van der Waals surface area contributed by atoms with E-state index in [1.54, 1.807) is 0 Å². The van der Waals surface area contributed by atoms with Crippen molar-refractivity contribution >= 4 is 16.9 Å². The number of benzene rings is 1. The summed E-state index contributed by atoms with van der Waals surface area (Å²) in [5.74, 6) is 0. The molecule has 0 atom stereocenters. The molecule has 4 rings (SSSR count). The van der Waals surface area contributed by atoms with Crippen molar-refractivity contribution in [1.82, 2.24) is 15.2 Å². The smallest absolute Gasteiger partial charge is 0.318 e. The number of aromatic nitrogens is 1. The van der Waals surface area contributed by atoms with Crippen molar-refractivity contribution < 1.29 is 4.79 Å². The molecular weight excluding hydrogens is 350 g/mol. The molecule has 2 aromatic rings. The van der Waals surface area contributed by atoms with Crippen molar-refractivity contribution in [2.24, 2.45) is 0 Å². The van der Waals surface area contributed by atoms with Gasteiger partial charge in [-0.1, -0.05) is 44.2 Å². The fraction of sp³-hybridized carbons (Fsp3) is 0.565. The number of rotatable bonds is 4. The minimum atomic E-state index is -0.0911. The minimum absolute atomic E-state index is 0.00204. The van der Waals surface area contributed by atoms with Gasteiger partial charge in [-0.05, 0) is 55.7 Å². The lowest BCUT2D eigenvalue weighted by Gasteiger charge is -2.32. The quantitative estimate of drug-likeness (QED) is 0.811.